The lowest BCUT2D eigenvalue weighted by Crippen LogP contribution is -2.22. The van der Waals surface area contributed by atoms with Crippen molar-refractivity contribution in [2.24, 2.45) is 0 Å². The van der Waals surface area contributed by atoms with Gasteiger partial charge in [-0.15, -0.1) is 6.58 Å². The maximum atomic E-state index is 4.00. The van der Waals surface area contributed by atoms with Gasteiger partial charge in [0.25, 0.3) is 0 Å². The minimum atomic E-state index is 0.459. The van der Waals surface area contributed by atoms with Crippen LogP contribution >= 0.6 is 0 Å². The first kappa shape index (κ1) is 15.0. The fourth-order valence-corrected chi connectivity index (χ4v) is 2.08. The summed E-state index contributed by atoms with van der Waals surface area (Å²) in [4.78, 5) is 0. The Bertz CT molecular complexity index is 393. The molecule has 1 aromatic carbocycles. The number of hydrogen-bond donors (Lipinski definition) is 1. The molecule has 0 saturated heterocycles. The second-order valence-electron chi connectivity index (χ2n) is 5.35. The minimum absolute atomic E-state index is 0.459. The molecule has 1 rings (SSSR count). The monoisotopic (exact) mass is 245 g/mol. The summed E-state index contributed by atoms with van der Waals surface area (Å²) >= 11 is 0. The predicted molar refractivity (Wildman–Crippen MR) is 81.0 cm³/mol. The fourth-order valence-electron chi connectivity index (χ4n) is 2.08. The highest BCUT2D eigenvalue weighted by atomic mass is 14.9. The normalized spacial score (nSPS) is 12.4. The molecule has 0 aliphatic heterocycles. The summed E-state index contributed by atoms with van der Waals surface area (Å²) in [5.41, 5.74) is 5.42. The summed E-state index contributed by atoms with van der Waals surface area (Å²) in [7, 11) is 0. The Kier molecular flexibility index (Phi) is 6.14. The van der Waals surface area contributed by atoms with Crippen LogP contribution in [0.1, 0.15) is 55.8 Å². The summed E-state index contributed by atoms with van der Waals surface area (Å²) in [5, 5.41) is 3.65. The summed E-state index contributed by atoms with van der Waals surface area (Å²) in [5.74, 6) is 0. The summed E-state index contributed by atoms with van der Waals surface area (Å²) in [6.45, 7) is 13.8. The van der Waals surface area contributed by atoms with E-state index in [0.717, 1.165) is 19.4 Å². The summed E-state index contributed by atoms with van der Waals surface area (Å²) in [6.07, 6.45) is 3.40. The zero-order valence-corrected chi connectivity index (χ0v) is 12.3. The van der Waals surface area contributed by atoms with E-state index in [0.29, 0.717) is 6.04 Å². The minimum Gasteiger partial charge on any atom is -0.310 e. The highest BCUT2D eigenvalue weighted by Gasteiger charge is 2.11. The van der Waals surface area contributed by atoms with Gasteiger partial charge in [-0.25, -0.2) is 0 Å². The predicted octanol–water partition coefficient (Wildman–Crippen LogP) is 4.70. The standard InChI is InChI=1S/C17H27N/c1-6-11-18-17(10-7-13(2)3)16-9-8-14(4)15(5)12-16/h8-9,12,17-18H,2,6-7,10-11H2,1,3-5H3. The third-order valence-corrected chi connectivity index (χ3v) is 3.43. The molecule has 0 aliphatic rings. The Balaban J connectivity index is 2.79. The van der Waals surface area contributed by atoms with Crippen LogP contribution in [0, 0.1) is 13.8 Å². The SMILES string of the molecule is C=C(C)CCC(NCCC)c1ccc(C)c(C)c1. The molecule has 0 radical (unpaired) electrons. The van der Waals surface area contributed by atoms with E-state index in [-0.39, 0.29) is 0 Å². The Hall–Kier alpha value is -1.08. The van der Waals surface area contributed by atoms with Crippen molar-refractivity contribution in [2.75, 3.05) is 6.54 Å². The van der Waals surface area contributed by atoms with E-state index < -0.39 is 0 Å². The molecule has 0 aromatic heterocycles. The van der Waals surface area contributed by atoms with Gasteiger partial charge in [0.05, 0.1) is 0 Å². The van der Waals surface area contributed by atoms with Gasteiger partial charge in [0.1, 0.15) is 0 Å². The zero-order chi connectivity index (χ0) is 13.5. The fraction of sp³-hybridized carbons (Fsp3) is 0.529. The molecule has 0 amide bonds. The zero-order valence-electron chi connectivity index (χ0n) is 12.3. The summed E-state index contributed by atoms with van der Waals surface area (Å²) < 4.78 is 0. The lowest BCUT2D eigenvalue weighted by Gasteiger charge is -2.20. The molecule has 0 bridgehead atoms. The van der Waals surface area contributed by atoms with Crippen molar-refractivity contribution in [3.05, 3.63) is 47.0 Å². The van der Waals surface area contributed by atoms with Crippen molar-refractivity contribution >= 4 is 0 Å². The molecule has 1 atom stereocenters. The molecular formula is C17H27N. The summed E-state index contributed by atoms with van der Waals surface area (Å²) in [6, 6.07) is 7.27. The van der Waals surface area contributed by atoms with Crippen molar-refractivity contribution in [3.63, 3.8) is 0 Å². The third-order valence-electron chi connectivity index (χ3n) is 3.43. The van der Waals surface area contributed by atoms with Crippen molar-refractivity contribution in [1.29, 1.82) is 0 Å². The molecule has 1 unspecified atom stereocenters. The number of hydrogen-bond acceptors (Lipinski definition) is 1. The molecule has 18 heavy (non-hydrogen) atoms. The van der Waals surface area contributed by atoms with E-state index in [1.165, 1.54) is 28.7 Å². The van der Waals surface area contributed by atoms with Gasteiger partial charge in [0.2, 0.25) is 0 Å². The highest BCUT2D eigenvalue weighted by Crippen LogP contribution is 2.22. The number of allylic oxidation sites excluding steroid dienone is 1. The molecule has 0 fully saturated rings. The van der Waals surface area contributed by atoms with Crippen molar-refractivity contribution < 1.29 is 0 Å². The van der Waals surface area contributed by atoms with Gasteiger partial charge in [0, 0.05) is 6.04 Å². The lowest BCUT2D eigenvalue weighted by molar-refractivity contribution is 0.498. The van der Waals surface area contributed by atoms with Crippen molar-refractivity contribution in [3.8, 4) is 0 Å². The largest absolute Gasteiger partial charge is 0.310 e. The van der Waals surface area contributed by atoms with Crippen molar-refractivity contribution in [2.45, 2.75) is 53.0 Å². The molecule has 1 N–H and O–H groups in total. The Labute approximate surface area is 112 Å². The molecule has 0 aliphatic carbocycles. The molecule has 100 valence electrons. The quantitative estimate of drug-likeness (QED) is 0.687. The van der Waals surface area contributed by atoms with E-state index in [4.69, 9.17) is 0 Å². The van der Waals surface area contributed by atoms with Gasteiger partial charge in [-0.05, 0) is 63.3 Å². The van der Waals surface area contributed by atoms with Gasteiger partial charge in [-0.2, -0.15) is 0 Å². The highest BCUT2D eigenvalue weighted by molar-refractivity contribution is 5.31. The van der Waals surface area contributed by atoms with E-state index in [1.807, 2.05) is 0 Å². The van der Waals surface area contributed by atoms with Gasteiger partial charge in [-0.3, -0.25) is 0 Å². The smallest absolute Gasteiger partial charge is 0.0323 e. The van der Waals surface area contributed by atoms with Crippen LogP contribution in [0.3, 0.4) is 0 Å². The molecule has 0 saturated carbocycles. The van der Waals surface area contributed by atoms with E-state index >= 15 is 0 Å². The Morgan fingerprint density at radius 2 is 2.00 bits per heavy atom. The van der Waals surface area contributed by atoms with Crippen LogP contribution in [-0.4, -0.2) is 6.54 Å². The van der Waals surface area contributed by atoms with Crippen LogP contribution in [0.2, 0.25) is 0 Å². The number of aryl methyl sites for hydroxylation is 2. The lowest BCUT2D eigenvalue weighted by atomic mass is 9.96. The van der Waals surface area contributed by atoms with Crippen LogP contribution < -0.4 is 5.32 Å². The van der Waals surface area contributed by atoms with Crippen LogP contribution in [0.5, 0.6) is 0 Å². The maximum Gasteiger partial charge on any atom is 0.0323 e. The first-order chi connectivity index (χ1) is 8.54. The first-order valence-electron chi connectivity index (χ1n) is 6.99. The maximum absolute atomic E-state index is 4.00. The first-order valence-corrected chi connectivity index (χ1v) is 6.99. The number of nitrogens with one attached hydrogen (secondary N) is 1. The Morgan fingerprint density at radius 1 is 1.28 bits per heavy atom. The average molecular weight is 245 g/mol. The Morgan fingerprint density at radius 3 is 2.56 bits per heavy atom. The van der Waals surface area contributed by atoms with E-state index in [2.05, 4.69) is 57.8 Å². The van der Waals surface area contributed by atoms with Crippen LogP contribution in [0.4, 0.5) is 0 Å². The van der Waals surface area contributed by atoms with Gasteiger partial charge in [0.15, 0.2) is 0 Å². The topological polar surface area (TPSA) is 12.0 Å². The van der Waals surface area contributed by atoms with E-state index in [1.54, 1.807) is 0 Å². The average Bonchev–Trinajstić information content (AvgIpc) is 2.33. The van der Waals surface area contributed by atoms with Gasteiger partial charge >= 0.3 is 0 Å². The van der Waals surface area contributed by atoms with Gasteiger partial charge < -0.3 is 5.32 Å². The van der Waals surface area contributed by atoms with Crippen LogP contribution in [0.25, 0.3) is 0 Å². The second-order valence-corrected chi connectivity index (χ2v) is 5.35. The van der Waals surface area contributed by atoms with Crippen LogP contribution in [0.15, 0.2) is 30.4 Å². The second kappa shape index (κ2) is 7.38. The molecule has 1 aromatic rings. The number of rotatable bonds is 7. The number of benzene rings is 1. The molecule has 0 spiro atoms. The van der Waals surface area contributed by atoms with Crippen molar-refractivity contribution in [1.82, 2.24) is 5.32 Å². The molecule has 1 nitrogen and oxygen atoms in total. The molecule has 0 heterocycles. The molecule has 1 heteroatoms. The van der Waals surface area contributed by atoms with Crippen LogP contribution in [-0.2, 0) is 0 Å². The third kappa shape index (κ3) is 4.66. The molecular weight excluding hydrogens is 218 g/mol. The van der Waals surface area contributed by atoms with E-state index in [9.17, 15) is 0 Å². The van der Waals surface area contributed by atoms with Gasteiger partial charge in [-0.1, -0.05) is 30.7 Å².